The van der Waals surface area contributed by atoms with Gasteiger partial charge in [-0.15, -0.1) is 0 Å². The molecule has 7 heteroatoms. The fraction of sp³-hybridized carbons (Fsp3) is 0.900. The summed E-state index contributed by atoms with van der Waals surface area (Å²) in [4.78, 5) is 11.2. The lowest BCUT2D eigenvalue weighted by molar-refractivity contribution is -0.142. The molecule has 0 amide bonds. The standard InChI is InChI=1S/C10H21O5PS/c1-5-13-10(11)8-9(4)17-16(12,14-6-2)15-7-3/h9H,5-8H2,1-4H3. The van der Waals surface area contributed by atoms with Crippen LogP contribution >= 0.6 is 18.2 Å². The molecular formula is C10H21O5PS. The Labute approximate surface area is 107 Å². The maximum atomic E-state index is 12.1. The lowest BCUT2D eigenvalue weighted by atomic mass is 10.3. The molecule has 1 unspecified atom stereocenters. The molecule has 0 saturated heterocycles. The minimum absolute atomic E-state index is 0.169. The summed E-state index contributed by atoms with van der Waals surface area (Å²) in [6, 6.07) is 0. The maximum Gasteiger partial charge on any atom is 0.389 e. The van der Waals surface area contributed by atoms with E-state index in [2.05, 4.69) is 0 Å². The Kier molecular flexibility index (Phi) is 8.96. The van der Waals surface area contributed by atoms with E-state index >= 15 is 0 Å². The molecule has 0 fully saturated rings. The first-order chi connectivity index (χ1) is 7.97. The average Bonchev–Trinajstić information content (AvgIpc) is 2.17. The van der Waals surface area contributed by atoms with Crippen LogP contribution in [0, 0.1) is 0 Å². The van der Waals surface area contributed by atoms with E-state index in [1.807, 2.05) is 0 Å². The Morgan fingerprint density at radius 3 is 2.12 bits per heavy atom. The Morgan fingerprint density at radius 2 is 1.71 bits per heavy atom. The fourth-order valence-electron chi connectivity index (χ4n) is 1.13. The number of carbonyl (C=O) groups excluding carboxylic acids is 1. The van der Waals surface area contributed by atoms with Crippen LogP contribution in [0.5, 0.6) is 0 Å². The highest BCUT2D eigenvalue weighted by Crippen LogP contribution is 2.62. The molecule has 0 heterocycles. The fourth-order valence-corrected chi connectivity index (χ4v) is 5.15. The minimum Gasteiger partial charge on any atom is -0.466 e. The van der Waals surface area contributed by atoms with E-state index in [4.69, 9.17) is 13.8 Å². The highest BCUT2D eigenvalue weighted by atomic mass is 32.7. The normalized spacial score (nSPS) is 13.4. The third-order valence-corrected chi connectivity index (χ3v) is 6.06. The number of carbonyl (C=O) groups is 1. The first-order valence-electron chi connectivity index (χ1n) is 5.70. The number of ether oxygens (including phenoxy) is 1. The van der Waals surface area contributed by atoms with Gasteiger partial charge in [0.1, 0.15) is 0 Å². The van der Waals surface area contributed by atoms with Gasteiger partial charge < -0.3 is 13.8 Å². The predicted molar refractivity (Wildman–Crippen MR) is 69.2 cm³/mol. The molecule has 0 rings (SSSR count). The van der Waals surface area contributed by atoms with Crippen LogP contribution in [-0.4, -0.2) is 31.0 Å². The zero-order chi connectivity index (χ0) is 13.3. The molecule has 102 valence electrons. The van der Waals surface area contributed by atoms with Crippen molar-refractivity contribution in [3.63, 3.8) is 0 Å². The molecule has 0 saturated carbocycles. The first-order valence-corrected chi connectivity index (χ1v) is 8.73. The summed E-state index contributed by atoms with van der Waals surface area (Å²) < 4.78 is 27.2. The van der Waals surface area contributed by atoms with Gasteiger partial charge in [0.05, 0.1) is 26.2 Å². The van der Waals surface area contributed by atoms with E-state index in [0.717, 1.165) is 11.4 Å². The topological polar surface area (TPSA) is 61.8 Å². The number of hydrogen-bond donors (Lipinski definition) is 0. The Morgan fingerprint density at radius 1 is 1.18 bits per heavy atom. The van der Waals surface area contributed by atoms with Gasteiger partial charge >= 0.3 is 12.8 Å². The van der Waals surface area contributed by atoms with Gasteiger partial charge in [0.2, 0.25) is 0 Å². The summed E-state index contributed by atoms with van der Waals surface area (Å²) >= 11 is 1.06. The molecular weight excluding hydrogens is 263 g/mol. The maximum absolute atomic E-state index is 12.1. The third-order valence-electron chi connectivity index (χ3n) is 1.64. The molecule has 0 aliphatic heterocycles. The van der Waals surface area contributed by atoms with Crippen LogP contribution in [0.1, 0.15) is 34.1 Å². The molecule has 0 N–H and O–H groups in total. The van der Waals surface area contributed by atoms with Crippen molar-refractivity contribution < 1.29 is 23.1 Å². The van der Waals surface area contributed by atoms with Gasteiger partial charge in [-0.25, -0.2) is 4.57 Å². The zero-order valence-electron chi connectivity index (χ0n) is 10.8. The second-order valence-corrected chi connectivity index (χ2v) is 7.61. The lowest BCUT2D eigenvalue weighted by Gasteiger charge is -2.19. The van der Waals surface area contributed by atoms with Gasteiger partial charge in [-0.05, 0) is 32.2 Å². The van der Waals surface area contributed by atoms with Crippen LogP contribution < -0.4 is 0 Å². The van der Waals surface area contributed by atoms with Crippen LogP contribution in [0.25, 0.3) is 0 Å². The molecule has 0 aliphatic carbocycles. The van der Waals surface area contributed by atoms with Crippen molar-refractivity contribution in [1.29, 1.82) is 0 Å². The van der Waals surface area contributed by atoms with Gasteiger partial charge in [-0.3, -0.25) is 4.79 Å². The monoisotopic (exact) mass is 284 g/mol. The van der Waals surface area contributed by atoms with Crippen molar-refractivity contribution >= 4 is 24.1 Å². The minimum atomic E-state index is -3.14. The highest BCUT2D eigenvalue weighted by Gasteiger charge is 2.28. The summed E-state index contributed by atoms with van der Waals surface area (Å²) in [5, 5.41) is -0.169. The van der Waals surface area contributed by atoms with Crippen LogP contribution in [0.4, 0.5) is 0 Å². The Bertz CT molecular complexity index is 261. The van der Waals surface area contributed by atoms with Crippen molar-refractivity contribution in [2.24, 2.45) is 0 Å². The zero-order valence-corrected chi connectivity index (χ0v) is 12.5. The Balaban J connectivity index is 4.25. The summed E-state index contributed by atoms with van der Waals surface area (Å²) in [7, 11) is 0. The Hall–Kier alpha value is -0.0300. The molecule has 0 radical (unpaired) electrons. The van der Waals surface area contributed by atoms with Crippen molar-refractivity contribution in [2.45, 2.75) is 39.4 Å². The van der Waals surface area contributed by atoms with E-state index in [1.165, 1.54) is 0 Å². The third kappa shape index (κ3) is 7.82. The summed E-state index contributed by atoms with van der Waals surface area (Å²) in [5.41, 5.74) is 0. The van der Waals surface area contributed by atoms with Crippen molar-refractivity contribution in [3.05, 3.63) is 0 Å². The van der Waals surface area contributed by atoms with Gasteiger partial charge in [-0.1, -0.05) is 6.92 Å². The van der Waals surface area contributed by atoms with Crippen molar-refractivity contribution in [3.8, 4) is 0 Å². The molecule has 0 spiro atoms. The van der Waals surface area contributed by atoms with Crippen LogP contribution in [0.15, 0.2) is 0 Å². The second kappa shape index (κ2) is 8.97. The van der Waals surface area contributed by atoms with Gasteiger partial charge in [0.15, 0.2) is 0 Å². The smallest absolute Gasteiger partial charge is 0.389 e. The van der Waals surface area contributed by atoms with Crippen molar-refractivity contribution in [2.75, 3.05) is 19.8 Å². The predicted octanol–water partition coefficient (Wildman–Crippen LogP) is 3.24. The SMILES string of the molecule is CCOC(=O)CC(C)SP(=O)(OCC)OCC. The summed E-state index contributed by atoms with van der Waals surface area (Å²) in [5.74, 6) is -0.299. The molecule has 0 aliphatic rings. The first kappa shape index (κ1) is 17.0. The second-order valence-electron chi connectivity index (χ2n) is 3.21. The number of esters is 1. The molecule has 5 nitrogen and oxygen atoms in total. The molecule has 0 aromatic rings. The van der Waals surface area contributed by atoms with Crippen LogP contribution in [0.3, 0.4) is 0 Å². The van der Waals surface area contributed by atoms with Gasteiger partial charge in [-0.2, -0.15) is 0 Å². The lowest BCUT2D eigenvalue weighted by Crippen LogP contribution is -2.11. The van der Waals surface area contributed by atoms with E-state index < -0.39 is 6.80 Å². The summed E-state index contributed by atoms with van der Waals surface area (Å²) in [6.45, 7) is 4.90. The summed E-state index contributed by atoms with van der Waals surface area (Å²) in [6.07, 6.45) is 0.197. The van der Waals surface area contributed by atoms with Gasteiger partial charge in [0, 0.05) is 5.25 Å². The van der Waals surface area contributed by atoms with E-state index in [-0.39, 0.29) is 17.6 Å². The number of hydrogen-bond acceptors (Lipinski definition) is 6. The molecule has 17 heavy (non-hydrogen) atoms. The molecule has 1 atom stereocenters. The van der Waals surface area contributed by atoms with E-state index in [9.17, 15) is 9.36 Å². The van der Waals surface area contributed by atoms with Crippen LogP contribution in [0.2, 0.25) is 0 Å². The molecule has 0 aromatic heterocycles. The van der Waals surface area contributed by atoms with Crippen LogP contribution in [-0.2, 0) is 23.1 Å². The van der Waals surface area contributed by atoms with E-state index in [0.29, 0.717) is 19.8 Å². The highest BCUT2D eigenvalue weighted by molar-refractivity contribution is 8.55. The quantitative estimate of drug-likeness (QED) is 0.478. The molecule has 0 aromatic carbocycles. The largest absolute Gasteiger partial charge is 0.466 e. The number of rotatable bonds is 9. The van der Waals surface area contributed by atoms with Gasteiger partial charge in [0.25, 0.3) is 0 Å². The average molecular weight is 284 g/mol. The molecule has 0 bridgehead atoms. The van der Waals surface area contributed by atoms with Crippen molar-refractivity contribution in [1.82, 2.24) is 0 Å². The van der Waals surface area contributed by atoms with E-state index in [1.54, 1.807) is 27.7 Å².